The molecule has 5 heteroatoms. The van der Waals surface area contributed by atoms with Crippen molar-refractivity contribution in [2.75, 3.05) is 7.05 Å². The fourth-order valence-corrected chi connectivity index (χ4v) is 3.71. The SMILES string of the molecule is CC(C)N=C1N(C(C)C)C(=O)C1(c1ccccc1)N(C)C(=O)c1ccccc1. The van der Waals surface area contributed by atoms with Crippen LogP contribution in [0.5, 0.6) is 0 Å². The number of likely N-dealkylation sites (tertiary alicyclic amines) is 1. The number of hydrogen-bond acceptors (Lipinski definition) is 3. The van der Waals surface area contributed by atoms with Crippen molar-refractivity contribution < 1.29 is 9.59 Å². The Labute approximate surface area is 166 Å². The van der Waals surface area contributed by atoms with Gasteiger partial charge in [0.1, 0.15) is 5.84 Å². The van der Waals surface area contributed by atoms with E-state index in [4.69, 9.17) is 4.99 Å². The van der Waals surface area contributed by atoms with Crippen LogP contribution < -0.4 is 0 Å². The number of β-lactam (4-membered cyclic amide) rings is 1. The van der Waals surface area contributed by atoms with E-state index in [0.717, 1.165) is 5.56 Å². The third kappa shape index (κ3) is 3.01. The third-order valence-corrected chi connectivity index (χ3v) is 5.00. The molecule has 2 amide bonds. The maximum absolute atomic E-state index is 13.5. The molecule has 1 saturated heterocycles. The number of nitrogens with zero attached hydrogens (tertiary/aromatic N) is 3. The molecule has 0 aliphatic carbocycles. The molecule has 0 N–H and O–H groups in total. The fourth-order valence-electron chi connectivity index (χ4n) is 3.71. The monoisotopic (exact) mass is 377 g/mol. The summed E-state index contributed by atoms with van der Waals surface area (Å²) >= 11 is 0. The minimum atomic E-state index is -1.22. The average molecular weight is 377 g/mol. The molecule has 1 heterocycles. The lowest BCUT2D eigenvalue weighted by Crippen LogP contribution is -2.77. The zero-order valence-corrected chi connectivity index (χ0v) is 17.1. The molecule has 3 rings (SSSR count). The zero-order chi connectivity index (χ0) is 20.5. The van der Waals surface area contributed by atoms with E-state index in [1.165, 1.54) is 0 Å². The van der Waals surface area contributed by atoms with Crippen LogP contribution in [0.3, 0.4) is 0 Å². The van der Waals surface area contributed by atoms with E-state index in [2.05, 4.69) is 0 Å². The summed E-state index contributed by atoms with van der Waals surface area (Å²) in [6.45, 7) is 7.87. The second-order valence-corrected chi connectivity index (χ2v) is 7.62. The summed E-state index contributed by atoms with van der Waals surface area (Å²) in [5, 5.41) is 0. The Morgan fingerprint density at radius 1 is 0.964 bits per heavy atom. The van der Waals surface area contributed by atoms with Crippen LogP contribution in [-0.2, 0) is 10.3 Å². The predicted octanol–water partition coefficient (Wildman–Crippen LogP) is 3.71. The molecule has 1 aliphatic rings. The number of hydrogen-bond donors (Lipinski definition) is 0. The fraction of sp³-hybridized carbons (Fsp3) is 0.348. The van der Waals surface area contributed by atoms with E-state index in [9.17, 15) is 9.59 Å². The van der Waals surface area contributed by atoms with Gasteiger partial charge in [-0.1, -0.05) is 48.5 Å². The molecule has 1 atom stereocenters. The van der Waals surface area contributed by atoms with E-state index in [1.807, 2.05) is 76.2 Å². The van der Waals surface area contributed by atoms with Crippen LogP contribution in [0.25, 0.3) is 0 Å². The molecule has 2 aromatic rings. The number of amides is 2. The number of carbonyl (C=O) groups is 2. The van der Waals surface area contributed by atoms with Gasteiger partial charge >= 0.3 is 0 Å². The first-order chi connectivity index (χ1) is 13.3. The molecule has 1 aliphatic heterocycles. The van der Waals surface area contributed by atoms with E-state index >= 15 is 0 Å². The second-order valence-electron chi connectivity index (χ2n) is 7.62. The first-order valence-corrected chi connectivity index (χ1v) is 9.62. The van der Waals surface area contributed by atoms with Crippen molar-refractivity contribution in [3.05, 3.63) is 71.8 Å². The van der Waals surface area contributed by atoms with E-state index < -0.39 is 5.54 Å². The Balaban J connectivity index is 2.20. The van der Waals surface area contributed by atoms with Crippen molar-refractivity contribution in [2.45, 2.75) is 45.3 Å². The Morgan fingerprint density at radius 2 is 1.50 bits per heavy atom. The second kappa shape index (κ2) is 7.58. The quantitative estimate of drug-likeness (QED) is 0.746. The number of likely N-dealkylation sites (N-methyl/N-ethyl adjacent to an activating group) is 1. The van der Waals surface area contributed by atoms with Crippen LogP contribution in [0.15, 0.2) is 65.7 Å². The van der Waals surface area contributed by atoms with Crippen molar-refractivity contribution in [1.82, 2.24) is 9.80 Å². The first-order valence-electron chi connectivity index (χ1n) is 9.62. The number of aliphatic imine (C=N–C) groups is 1. The maximum atomic E-state index is 13.5. The Bertz CT molecular complexity index is 891. The molecule has 0 aromatic heterocycles. The standard InChI is InChI=1S/C23H27N3O2/c1-16(2)24-21-23(19-14-10-7-11-15-19,22(28)26(21)17(3)4)25(5)20(27)18-12-8-6-9-13-18/h6-17H,1-5H3. The highest BCUT2D eigenvalue weighted by Gasteiger charge is 2.64. The molecule has 0 saturated carbocycles. The van der Waals surface area contributed by atoms with Crippen molar-refractivity contribution in [3.63, 3.8) is 0 Å². The maximum Gasteiger partial charge on any atom is 0.266 e. The largest absolute Gasteiger partial charge is 0.317 e. The van der Waals surface area contributed by atoms with Gasteiger partial charge in [-0.15, -0.1) is 0 Å². The van der Waals surface area contributed by atoms with Crippen molar-refractivity contribution in [2.24, 2.45) is 4.99 Å². The van der Waals surface area contributed by atoms with Crippen LogP contribution in [-0.4, -0.2) is 46.6 Å². The summed E-state index contributed by atoms with van der Waals surface area (Å²) in [7, 11) is 1.69. The molecular weight excluding hydrogens is 350 g/mol. The van der Waals surface area contributed by atoms with E-state index in [1.54, 1.807) is 29.0 Å². The minimum absolute atomic E-state index is 0.00679. The lowest BCUT2D eigenvalue weighted by Gasteiger charge is -2.55. The topological polar surface area (TPSA) is 53.0 Å². The van der Waals surface area contributed by atoms with Gasteiger partial charge in [-0.25, -0.2) is 0 Å². The normalized spacial score (nSPS) is 20.6. The molecule has 2 aromatic carbocycles. The van der Waals surface area contributed by atoms with Crippen molar-refractivity contribution in [3.8, 4) is 0 Å². The highest BCUT2D eigenvalue weighted by molar-refractivity contribution is 6.29. The summed E-state index contributed by atoms with van der Waals surface area (Å²) in [6.07, 6.45) is 0. The minimum Gasteiger partial charge on any atom is -0.317 e. The molecule has 0 spiro atoms. The van der Waals surface area contributed by atoms with Crippen LogP contribution in [0.2, 0.25) is 0 Å². The van der Waals surface area contributed by atoms with Gasteiger partial charge in [0.25, 0.3) is 11.8 Å². The average Bonchev–Trinajstić information content (AvgIpc) is 2.68. The van der Waals surface area contributed by atoms with Crippen LogP contribution in [0.4, 0.5) is 0 Å². The van der Waals surface area contributed by atoms with Gasteiger partial charge in [0, 0.05) is 24.7 Å². The molecule has 0 radical (unpaired) electrons. The molecule has 1 fully saturated rings. The van der Waals surface area contributed by atoms with Crippen molar-refractivity contribution >= 4 is 17.6 Å². The van der Waals surface area contributed by atoms with Gasteiger partial charge in [-0.05, 0) is 45.4 Å². The zero-order valence-electron chi connectivity index (χ0n) is 17.1. The summed E-state index contributed by atoms with van der Waals surface area (Å²) in [4.78, 5) is 34.9. The van der Waals surface area contributed by atoms with Gasteiger partial charge in [-0.3, -0.25) is 19.5 Å². The number of carbonyl (C=O) groups excluding carboxylic acids is 2. The van der Waals surface area contributed by atoms with Gasteiger partial charge in [0.05, 0.1) is 0 Å². The smallest absolute Gasteiger partial charge is 0.266 e. The molecular formula is C23H27N3O2. The predicted molar refractivity (Wildman–Crippen MR) is 111 cm³/mol. The lowest BCUT2D eigenvalue weighted by molar-refractivity contribution is -0.144. The van der Waals surface area contributed by atoms with Gasteiger partial charge in [0.2, 0.25) is 5.54 Å². The summed E-state index contributed by atoms with van der Waals surface area (Å²) < 4.78 is 0. The molecule has 1 unspecified atom stereocenters. The third-order valence-electron chi connectivity index (χ3n) is 5.00. The highest BCUT2D eigenvalue weighted by Crippen LogP contribution is 2.43. The Kier molecular flexibility index (Phi) is 5.36. The molecule has 28 heavy (non-hydrogen) atoms. The highest BCUT2D eigenvalue weighted by atomic mass is 16.2. The Hall–Kier alpha value is -2.95. The number of benzene rings is 2. The van der Waals surface area contributed by atoms with Crippen LogP contribution in [0, 0.1) is 0 Å². The molecule has 5 nitrogen and oxygen atoms in total. The molecule has 0 bridgehead atoms. The summed E-state index contributed by atoms with van der Waals surface area (Å²) in [6, 6.07) is 18.4. The van der Waals surface area contributed by atoms with Crippen molar-refractivity contribution in [1.29, 1.82) is 0 Å². The molecule has 146 valence electrons. The summed E-state index contributed by atoms with van der Waals surface area (Å²) in [5.74, 6) is 0.290. The van der Waals surface area contributed by atoms with E-state index in [-0.39, 0.29) is 23.9 Å². The van der Waals surface area contributed by atoms with Gasteiger partial charge in [-0.2, -0.15) is 0 Å². The van der Waals surface area contributed by atoms with Crippen LogP contribution >= 0.6 is 0 Å². The van der Waals surface area contributed by atoms with Crippen LogP contribution in [0.1, 0.15) is 43.6 Å². The van der Waals surface area contributed by atoms with Gasteiger partial charge < -0.3 is 4.90 Å². The Morgan fingerprint density at radius 3 is 2.00 bits per heavy atom. The van der Waals surface area contributed by atoms with Gasteiger partial charge in [0.15, 0.2) is 0 Å². The summed E-state index contributed by atoms with van der Waals surface area (Å²) in [5.41, 5.74) is 0.0750. The lowest BCUT2D eigenvalue weighted by atomic mass is 9.76. The van der Waals surface area contributed by atoms with E-state index in [0.29, 0.717) is 11.4 Å². The first kappa shape index (κ1) is 19.8. The number of amidine groups is 1. The number of rotatable bonds is 5.